The van der Waals surface area contributed by atoms with Gasteiger partial charge in [0.2, 0.25) is 5.82 Å². The summed E-state index contributed by atoms with van der Waals surface area (Å²) in [6.07, 6.45) is -4.76. The monoisotopic (exact) mass is 486 g/mol. The van der Waals surface area contributed by atoms with Crippen molar-refractivity contribution >= 4 is 29.9 Å². The lowest BCUT2D eigenvalue weighted by Gasteiger charge is -2.15. The molecule has 0 fully saturated rings. The first-order valence-corrected chi connectivity index (χ1v) is 10.3. The second-order valence-corrected chi connectivity index (χ2v) is 7.51. The fraction of sp³-hybridized carbons (Fsp3) is 0.158. The Kier molecular flexibility index (Phi) is 8.31. The van der Waals surface area contributed by atoms with Crippen molar-refractivity contribution in [3.8, 4) is 22.4 Å². The molecule has 170 valence electrons. The third-order valence-corrected chi connectivity index (χ3v) is 5.18. The summed E-state index contributed by atoms with van der Waals surface area (Å²) in [4.78, 5) is 17.8. The van der Waals surface area contributed by atoms with Crippen LogP contribution in [0.4, 0.5) is 19.0 Å². The van der Waals surface area contributed by atoms with E-state index in [-0.39, 0.29) is 17.1 Å². The van der Waals surface area contributed by atoms with Gasteiger partial charge in [-0.2, -0.15) is 23.0 Å². The predicted molar refractivity (Wildman–Crippen MR) is 113 cm³/mol. The number of nitrogen functional groups attached to an aromatic ring is 1. The molecule has 1 aromatic heterocycles. The van der Waals surface area contributed by atoms with Gasteiger partial charge in [0.1, 0.15) is 5.82 Å². The van der Waals surface area contributed by atoms with Gasteiger partial charge in [-0.05, 0) is 29.8 Å². The number of halogens is 3. The molecule has 0 aliphatic carbocycles. The lowest BCUT2D eigenvalue weighted by molar-refractivity contribution is -0.237. The van der Waals surface area contributed by atoms with Gasteiger partial charge in [0, 0.05) is 22.4 Å². The first-order valence-electron chi connectivity index (χ1n) is 8.83. The number of hydrogen-bond acceptors (Lipinski definition) is 10. The van der Waals surface area contributed by atoms with Gasteiger partial charge in [-0.3, -0.25) is 0 Å². The Morgan fingerprint density at radius 1 is 0.875 bits per heavy atom. The second-order valence-electron chi connectivity index (χ2n) is 5.96. The molecule has 32 heavy (non-hydrogen) atoms. The molecule has 3 rings (SSSR count). The minimum atomic E-state index is -4.76. The molecule has 0 unspecified atom stereocenters. The van der Waals surface area contributed by atoms with Gasteiger partial charge in [-0.25, -0.2) is 14.9 Å². The number of nitrogens with two attached hydrogens (primary N) is 1. The van der Waals surface area contributed by atoms with Gasteiger partial charge in [0.25, 0.3) is 0 Å². The Bertz CT molecular complexity index is 1040. The van der Waals surface area contributed by atoms with Gasteiger partial charge in [0.15, 0.2) is 0 Å². The van der Waals surface area contributed by atoms with Crippen LogP contribution < -0.4 is 11.2 Å². The maximum atomic E-state index is 13.4. The molecule has 0 radical (unpaired) electrons. The molecule has 0 spiro atoms. The molecule has 0 aliphatic heterocycles. The van der Waals surface area contributed by atoms with Crippen LogP contribution in [0.2, 0.25) is 0 Å². The molecule has 13 heteroatoms. The number of nitrogens with one attached hydrogen (secondary N) is 1. The number of hydrogen-bond donors (Lipinski definition) is 2. The second kappa shape index (κ2) is 11.0. The lowest BCUT2D eigenvalue weighted by atomic mass is 9.99. The van der Waals surface area contributed by atoms with Crippen LogP contribution in [0, 0.1) is 0 Å². The Balaban J connectivity index is 2.03. The Morgan fingerprint density at radius 3 is 1.97 bits per heavy atom. The van der Waals surface area contributed by atoms with E-state index in [9.17, 15) is 13.2 Å². The van der Waals surface area contributed by atoms with Crippen molar-refractivity contribution in [1.82, 2.24) is 15.4 Å². The SMILES string of the molecule is CNOOSc1ccc(-c2c(N)nc(C(F)(F)F)nc2-c2ccc(SOOC)cc2)cc1. The Hall–Kier alpha value is -2.39. The van der Waals surface area contributed by atoms with E-state index in [1.807, 2.05) is 0 Å². The van der Waals surface area contributed by atoms with Gasteiger partial charge >= 0.3 is 6.18 Å². The van der Waals surface area contributed by atoms with Crippen molar-refractivity contribution in [3.63, 3.8) is 0 Å². The molecule has 0 amide bonds. The minimum Gasteiger partial charge on any atom is -0.383 e. The van der Waals surface area contributed by atoms with Gasteiger partial charge in [-0.15, -0.1) is 9.32 Å². The molecule has 0 saturated carbocycles. The predicted octanol–water partition coefficient (Wildman–Crippen LogP) is 5.09. The number of benzene rings is 2. The number of hydroxylamine groups is 1. The fourth-order valence-electron chi connectivity index (χ4n) is 2.61. The highest BCUT2D eigenvalue weighted by atomic mass is 32.2. The van der Waals surface area contributed by atoms with E-state index in [4.69, 9.17) is 14.4 Å². The first-order chi connectivity index (χ1) is 15.3. The lowest BCUT2D eigenvalue weighted by Crippen LogP contribution is -2.14. The van der Waals surface area contributed by atoms with E-state index in [2.05, 4.69) is 25.3 Å². The van der Waals surface area contributed by atoms with Crippen LogP contribution in [0.3, 0.4) is 0 Å². The van der Waals surface area contributed by atoms with Crippen molar-refractivity contribution in [3.05, 3.63) is 54.4 Å². The summed E-state index contributed by atoms with van der Waals surface area (Å²) < 4.78 is 49.7. The zero-order valence-corrected chi connectivity index (χ0v) is 18.3. The van der Waals surface area contributed by atoms with Gasteiger partial charge < -0.3 is 5.73 Å². The maximum Gasteiger partial charge on any atom is 0.451 e. The number of alkyl halides is 3. The number of rotatable bonds is 9. The highest BCUT2D eigenvalue weighted by molar-refractivity contribution is 7.94. The highest BCUT2D eigenvalue weighted by Gasteiger charge is 2.36. The molecular formula is C19H17F3N4O4S2. The van der Waals surface area contributed by atoms with Crippen molar-refractivity contribution in [1.29, 1.82) is 0 Å². The van der Waals surface area contributed by atoms with Crippen LogP contribution in [-0.2, 0) is 24.7 Å². The fourth-order valence-corrected chi connectivity index (χ4v) is 3.43. The van der Waals surface area contributed by atoms with E-state index in [0.29, 0.717) is 20.9 Å². The van der Waals surface area contributed by atoms with Crippen molar-refractivity contribution in [2.24, 2.45) is 0 Å². The van der Waals surface area contributed by atoms with Crippen LogP contribution >= 0.6 is 24.1 Å². The molecule has 0 aliphatic rings. The Labute approximate surface area is 189 Å². The van der Waals surface area contributed by atoms with Crippen molar-refractivity contribution in [2.45, 2.75) is 16.0 Å². The van der Waals surface area contributed by atoms with E-state index in [0.717, 1.165) is 24.1 Å². The summed E-state index contributed by atoms with van der Waals surface area (Å²) in [5.74, 6) is -1.61. The molecule has 0 bridgehead atoms. The van der Waals surface area contributed by atoms with Crippen LogP contribution in [0.1, 0.15) is 5.82 Å². The van der Waals surface area contributed by atoms with Crippen LogP contribution in [0.25, 0.3) is 22.4 Å². The zero-order chi connectivity index (χ0) is 23.1. The normalized spacial score (nSPS) is 11.7. The zero-order valence-electron chi connectivity index (χ0n) is 16.7. The van der Waals surface area contributed by atoms with Crippen LogP contribution in [0.15, 0.2) is 58.3 Å². The molecular weight excluding hydrogens is 469 g/mol. The topological polar surface area (TPSA) is 101 Å². The summed E-state index contributed by atoms with van der Waals surface area (Å²) in [6, 6.07) is 13.3. The van der Waals surface area contributed by atoms with Gasteiger partial charge in [0.05, 0.1) is 42.5 Å². The summed E-state index contributed by atoms with van der Waals surface area (Å²) in [5.41, 5.74) is 9.60. The van der Waals surface area contributed by atoms with Crippen LogP contribution in [0.5, 0.6) is 0 Å². The number of anilines is 1. The number of aromatic nitrogens is 2. The van der Waals surface area contributed by atoms with Crippen molar-refractivity contribution < 1.29 is 31.7 Å². The van der Waals surface area contributed by atoms with Crippen molar-refractivity contribution in [2.75, 3.05) is 19.9 Å². The third-order valence-electron chi connectivity index (χ3n) is 3.91. The molecule has 1 heterocycles. The molecule has 3 aromatic rings. The first kappa shape index (κ1) is 24.3. The van der Waals surface area contributed by atoms with Gasteiger partial charge in [-0.1, -0.05) is 24.3 Å². The van der Waals surface area contributed by atoms with E-state index >= 15 is 0 Å². The van der Waals surface area contributed by atoms with E-state index < -0.39 is 12.0 Å². The summed E-state index contributed by atoms with van der Waals surface area (Å²) in [7, 11) is 2.90. The summed E-state index contributed by atoms with van der Waals surface area (Å²) in [6.45, 7) is 0. The quantitative estimate of drug-likeness (QED) is 0.184. The Morgan fingerprint density at radius 2 is 1.44 bits per heavy atom. The smallest absolute Gasteiger partial charge is 0.383 e. The number of nitrogens with zero attached hydrogens (tertiary/aromatic N) is 2. The van der Waals surface area contributed by atoms with E-state index in [1.54, 1.807) is 48.5 Å². The maximum absolute atomic E-state index is 13.4. The third kappa shape index (κ3) is 6.10. The largest absolute Gasteiger partial charge is 0.451 e. The van der Waals surface area contributed by atoms with E-state index in [1.165, 1.54) is 14.2 Å². The molecule has 8 nitrogen and oxygen atoms in total. The van der Waals surface area contributed by atoms with Crippen LogP contribution in [-0.4, -0.2) is 24.1 Å². The minimum absolute atomic E-state index is 0.0456. The molecule has 0 atom stereocenters. The summed E-state index contributed by atoms with van der Waals surface area (Å²) in [5, 5.41) is 0. The molecule has 0 saturated heterocycles. The highest BCUT2D eigenvalue weighted by Crippen LogP contribution is 2.38. The molecule has 2 aromatic carbocycles. The average Bonchev–Trinajstić information content (AvgIpc) is 2.78. The average molecular weight is 486 g/mol. The molecule has 3 N–H and O–H groups in total. The summed E-state index contributed by atoms with van der Waals surface area (Å²) >= 11 is 1.90. The standard InChI is InChI=1S/C19H17F3N4O4S2/c1-24-28-30-32-14-7-3-11(4-8-14)15-16(25-18(19(20,21)22)26-17(15)23)12-5-9-13(10-6-12)31-29-27-2/h3-10,24H,1-2H3,(H2,23,25,26).